The van der Waals surface area contributed by atoms with Gasteiger partial charge >= 0.3 is 5.97 Å². The van der Waals surface area contributed by atoms with Crippen LogP contribution in [0, 0.1) is 6.92 Å². The molecule has 0 atom stereocenters. The third-order valence-electron chi connectivity index (χ3n) is 3.95. The van der Waals surface area contributed by atoms with Gasteiger partial charge in [-0.3, -0.25) is 20.6 Å². The smallest absolute Gasteiger partial charge is 0.341 e. The molecule has 0 aliphatic heterocycles. The first-order valence-corrected chi connectivity index (χ1v) is 9.79. The number of hydrogen-bond acceptors (Lipinski definition) is 6. The summed E-state index contributed by atoms with van der Waals surface area (Å²) >= 11 is 6.63. The van der Waals surface area contributed by atoms with Crippen LogP contribution in [0.15, 0.2) is 54.7 Å². The average Bonchev–Trinajstić information content (AvgIpc) is 3.08. The maximum absolute atomic E-state index is 12.5. The van der Waals surface area contributed by atoms with E-state index in [4.69, 9.17) is 17.0 Å². The number of carbonyl (C=O) groups is 2. The van der Waals surface area contributed by atoms with E-state index in [1.165, 1.54) is 24.6 Å². The van der Waals surface area contributed by atoms with Crippen molar-refractivity contribution >= 4 is 45.5 Å². The lowest BCUT2D eigenvalue weighted by Gasteiger charge is -2.12. The summed E-state index contributed by atoms with van der Waals surface area (Å²) in [7, 11) is 1.33. The zero-order valence-corrected chi connectivity index (χ0v) is 17.3. The molecule has 0 aliphatic rings. The van der Waals surface area contributed by atoms with Gasteiger partial charge in [-0.1, -0.05) is 36.4 Å². The summed E-state index contributed by atoms with van der Waals surface area (Å²) in [5.41, 5.74) is 7.40. The number of hydrogen-bond donors (Lipinski definition) is 3. The molecule has 0 aliphatic carbocycles. The van der Waals surface area contributed by atoms with E-state index in [9.17, 15) is 9.59 Å². The highest BCUT2D eigenvalue weighted by Crippen LogP contribution is 2.40. The molecule has 9 heteroatoms. The van der Waals surface area contributed by atoms with Crippen molar-refractivity contribution in [2.45, 2.75) is 6.92 Å². The van der Waals surface area contributed by atoms with Crippen molar-refractivity contribution in [2.24, 2.45) is 0 Å². The Morgan fingerprint density at radius 1 is 1.07 bits per heavy atom. The first-order chi connectivity index (χ1) is 14.0. The first-order valence-electron chi connectivity index (χ1n) is 8.56. The summed E-state index contributed by atoms with van der Waals surface area (Å²) in [4.78, 5) is 29.4. The van der Waals surface area contributed by atoms with Gasteiger partial charge in [0.25, 0.3) is 5.91 Å². The molecule has 7 nitrogen and oxygen atoms in total. The maximum atomic E-state index is 12.5. The number of anilines is 1. The SMILES string of the molecule is COC(=O)c1c(NC(=S)NNC(=O)c2ccccn2)sc(C)c1-c1ccccc1. The predicted octanol–water partition coefficient (Wildman–Crippen LogP) is 3.54. The molecule has 29 heavy (non-hydrogen) atoms. The summed E-state index contributed by atoms with van der Waals surface area (Å²) < 4.78 is 4.98. The van der Waals surface area contributed by atoms with Crippen molar-refractivity contribution in [3.8, 4) is 11.1 Å². The highest BCUT2D eigenvalue weighted by atomic mass is 32.1. The molecule has 3 rings (SSSR count). The number of methoxy groups -OCH3 is 1. The Bertz CT molecular complexity index is 1040. The highest BCUT2D eigenvalue weighted by molar-refractivity contribution is 7.80. The van der Waals surface area contributed by atoms with Crippen molar-refractivity contribution in [1.82, 2.24) is 15.8 Å². The zero-order valence-electron chi connectivity index (χ0n) is 15.7. The third kappa shape index (κ3) is 4.76. The Morgan fingerprint density at radius 2 is 1.79 bits per heavy atom. The lowest BCUT2D eigenvalue weighted by molar-refractivity contribution is 0.0603. The van der Waals surface area contributed by atoms with Crippen LogP contribution < -0.4 is 16.2 Å². The van der Waals surface area contributed by atoms with Crippen molar-refractivity contribution in [2.75, 3.05) is 12.4 Å². The zero-order chi connectivity index (χ0) is 20.8. The van der Waals surface area contributed by atoms with Gasteiger partial charge < -0.3 is 10.1 Å². The van der Waals surface area contributed by atoms with Crippen LogP contribution in [0.5, 0.6) is 0 Å². The van der Waals surface area contributed by atoms with Gasteiger partial charge in [-0.2, -0.15) is 0 Å². The van der Waals surface area contributed by atoms with Gasteiger partial charge in [0.15, 0.2) is 5.11 Å². The number of nitrogens with zero attached hydrogens (tertiary/aromatic N) is 1. The fourth-order valence-corrected chi connectivity index (χ4v) is 3.98. The molecular weight excluding hydrogens is 408 g/mol. The van der Waals surface area contributed by atoms with Crippen LogP contribution in [0.3, 0.4) is 0 Å². The van der Waals surface area contributed by atoms with Gasteiger partial charge in [0.05, 0.1) is 7.11 Å². The summed E-state index contributed by atoms with van der Waals surface area (Å²) in [5.74, 6) is -0.911. The number of thiocarbonyl (C=S) groups is 1. The molecule has 2 heterocycles. The molecule has 2 aromatic heterocycles. The van der Waals surface area contributed by atoms with Crippen LogP contribution in [0.1, 0.15) is 25.7 Å². The normalized spacial score (nSPS) is 10.1. The van der Waals surface area contributed by atoms with Crippen molar-refractivity contribution in [3.63, 3.8) is 0 Å². The lowest BCUT2D eigenvalue weighted by atomic mass is 10.0. The van der Waals surface area contributed by atoms with Gasteiger partial charge in [0.1, 0.15) is 16.3 Å². The lowest BCUT2D eigenvalue weighted by Crippen LogP contribution is -2.44. The minimum atomic E-state index is -0.476. The standard InChI is InChI=1S/C20H18N4O3S2/c1-12-15(13-8-4-3-5-9-13)16(19(26)27-2)18(29-12)22-20(28)24-23-17(25)14-10-6-7-11-21-14/h3-11H,1-2H3,(H,23,25)(H2,22,24,28). The van der Waals surface area contributed by atoms with Gasteiger partial charge in [-0.15, -0.1) is 11.3 Å². The number of carbonyl (C=O) groups excluding carboxylic acids is 2. The Labute approximate surface area is 177 Å². The Morgan fingerprint density at radius 3 is 2.45 bits per heavy atom. The molecule has 3 N–H and O–H groups in total. The number of ether oxygens (including phenoxy) is 1. The van der Waals surface area contributed by atoms with E-state index in [-0.39, 0.29) is 10.8 Å². The number of thiophene rings is 1. The van der Waals surface area contributed by atoms with E-state index in [1.54, 1.807) is 18.2 Å². The number of hydrazine groups is 1. The van der Waals surface area contributed by atoms with Crippen molar-refractivity contribution < 1.29 is 14.3 Å². The largest absolute Gasteiger partial charge is 0.465 e. The third-order valence-corrected chi connectivity index (χ3v) is 5.18. The van der Waals surface area contributed by atoms with Gasteiger partial charge in [-0.05, 0) is 36.8 Å². The van der Waals surface area contributed by atoms with Crippen molar-refractivity contribution in [3.05, 3.63) is 70.9 Å². The quantitative estimate of drug-likeness (QED) is 0.334. The monoisotopic (exact) mass is 426 g/mol. The number of rotatable bonds is 4. The molecule has 1 aromatic carbocycles. The molecule has 0 saturated carbocycles. The number of nitrogens with one attached hydrogen (secondary N) is 3. The second kappa shape index (κ2) is 9.26. The number of esters is 1. The van der Waals surface area contributed by atoms with E-state index >= 15 is 0 Å². The van der Waals surface area contributed by atoms with Crippen LogP contribution in [-0.4, -0.2) is 29.1 Å². The second-order valence-corrected chi connectivity index (χ2v) is 7.48. The summed E-state index contributed by atoms with van der Waals surface area (Å²) in [5, 5.41) is 3.62. The molecule has 0 fully saturated rings. The molecule has 0 spiro atoms. The number of aryl methyl sites for hydroxylation is 1. The summed E-state index contributed by atoms with van der Waals surface area (Å²) in [6, 6.07) is 14.6. The van der Waals surface area contributed by atoms with E-state index in [2.05, 4.69) is 21.2 Å². The van der Waals surface area contributed by atoms with Gasteiger partial charge in [-0.25, -0.2) is 4.79 Å². The molecule has 0 radical (unpaired) electrons. The average molecular weight is 427 g/mol. The van der Waals surface area contributed by atoms with Crippen LogP contribution >= 0.6 is 23.6 Å². The maximum Gasteiger partial charge on any atom is 0.341 e. The highest BCUT2D eigenvalue weighted by Gasteiger charge is 2.24. The number of benzene rings is 1. The number of pyridine rings is 1. The van der Waals surface area contributed by atoms with E-state index < -0.39 is 11.9 Å². The van der Waals surface area contributed by atoms with Crippen LogP contribution in [0.25, 0.3) is 11.1 Å². The summed E-state index contributed by atoms with van der Waals surface area (Å²) in [6.07, 6.45) is 1.52. The topological polar surface area (TPSA) is 92.4 Å². The first kappa shape index (κ1) is 20.4. The van der Waals surface area contributed by atoms with Gasteiger partial charge in [0, 0.05) is 16.6 Å². The van der Waals surface area contributed by atoms with Crippen molar-refractivity contribution in [1.29, 1.82) is 0 Å². The minimum Gasteiger partial charge on any atom is -0.465 e. The predicted molar refractivity (Wildman–Crippen MR) is 117 cm³/mol. The fourth-order valence-electron chi connectivity index (χ4n) is 2.69. The molecule has 0 unspecified atom stereocenters. The Hall–Kier alpha value is -3.30. The van der Waals surface area contributed by atoms with E-state index in [1.807, 2.05) is 37.3 Å². The Balaban J connectivity index is 1.79. The molecule has 1 amide bonds. The van der Waals surface area contributed by atoms with Crippen LogP contribution in [-0.2, 0) is 4.74 Å². The molecule has 0 saturated heterocycles. The molecule has 0 bridgehead atoms. The van der Waals surface area contributed by atoms with Crippen LogP contribution in [0.2, 0.25) is 0 Å². The molecular formula is C20H18N4O3S2. The number of amides is 1. The summed E-state index contributed by atoms with van der Waals surface area (Å²) in [6.45, 7) is 1.92. The van der Waals surface area contributed by atoms with Gasteiger partial charge in [0.2, 0.25) is 0 Å². The number of aromatic nitrogens is 1. The fraction of sp³-hybridized carbons (Fsp3) is 0.100. The van der Waals surface area contributed by atoms with E-state index in [0.717, 1.165) is 16.0 Å². The van der Waals surface area contributed by atoms with Crippen LogP contribution in [0.4, 0.5) is 5.00 Å². The van der Waals surface area contributed by atoms with E-state index in [0.29, 0.717) is 10.6 Å². The minimum absolute atomic E-state index is 0.125. The second-order valence-electron chi connectivity index (χ2n) is 5.84. The Kier molecular flexibility index (Phi) is 6.53. The molecule has 3 aromatic rings. The molecule has 148 valence electrons.